The van der Waals surface area contributed by atoms with E-state index in [1.807, 2.05) is 6.07 Å². The summed E-state index contributed by atoms with van der Waals surface area (Å²) in [5.74, 6) is 0.0769. The number of hydrogen-bond donors (Lipinski definition) is 2. The number of rotatable bonds is 5. The number of benzene rings is 1. The zero-order chi connectivity index (χ0) is 18.5. The van der Waals surface area contributed by atoms with E-state index in [0.717, 1.165) is 18.4 Å². The van der Waals surface area contributed by atoms with Gasteiger partial charge in [0.2, 0.25) is 5.95 Å². The summed E-state index contributed by atoms with van der Waals surface area (Å²) in [5, 5.41) is 18.5. The van der Waals surface area contributed by atoms with E-state index in [4.69, 9.17) is 15.6 Å². The summed E-state index contributed by atoms with van der Waals surface area (Å²) >= 11 is 0. The summed E-state index contributed by atoms with van der Waals surface area (Å²) in [6, 6.07) is 9.20. The standard InChI is InChI=1S/C19H20N4O3/c20-10-15-9-14(16-7-8-22-19(21)23-16)5-6-17(15)26-11-12-1-3-13(4-2-12)18(24)25/h5-9,12-13H,1-4,11H2,(H,24,25)(H2,21,22,23). The molecule has 2 aromatic rings. The van der Waals surface area contributed by atoms with E-state index in [1.54, 1.807) is 24.4 Å². The summed E-state index contributed by atoms with van der Waals surface area (Å²) in [7, 11) is 0. The molecule has 26 heavy (non-hydrogen) atoms. The SMILES string of the molecule is N#Cc1cc(-c2ccnc(N)n2)ccc1OCC1CCC(C(=O)O)CC1. The number of aromatic nitrogens is 2. The minimum absolute atomic E-state index is 0.179. The molecule has 3 rings (SSSR count). The first-order chi connectivity index (χ1) is 12.6. The largest absolute Gasteiger partial charge is 0.492 e. The van der Waals surface area contributed by atoms with Crippen molar-refractivity contribution < 1.29 is 14.6 Å². The van der Waals surface area contributed by atoms with Gasteiger partial charge in [-0.25, -0.2) is 9.97 Å². The number of carboxylic acids is 1. The van der Waals surface area contributed by atoms with Crippen LogP contribution in [0.3, 0.4) is 0 Å². The molecule has 1 aliphatic carbocycles. The fraction of sp³-hybridized carbons (Fsp3) is 0.368. The topological polar surface area (TPSA) is 122 Å². The van der Waals surface area contributed by atoms with Gasteiger partial charge >= 0.3 is 5.97 Å². The van der Waals surface area contributed by atoms with Gasteiger partial charge in [-0.3, -0.25) is 4.79 Å². The van der Waals surface area contributed by atoms with Gasteiger partial charge in [-0.2, -0.15) is 5.26 Å². The maximum Gasteiger partial charge on any atom is 0.306 e. The van der Waals surface area contributed by atoms with Gasteiger partial charge < -0.3 is 15.6 Å². The fourth-order valence-electron chi connectivity index (χ4n) is 3.22. The molecular weight excluding hydrogens is 332 g/mol. The van der Waals surface area contributed by atoms with Crippen molar-refractivity contribution in [2.45, 2.75) is 25.7 Å². The van der Waals surface area contributed by atoms with Crippen LogP contribution in [0.5, 0.6) is 5.75 Å². The van der Waals surface area contributed by atoms with Gasteiger partial charge in [-0.05, 0) is 55.9 Å². The van der Waals surface area contributed by atoms with E-state index in [0.29, 0.717) is 42.4 Å². The van der Waals surface area contributed by atoms with Crippen LogP contribution in [0.2, 0.25) is 0 Å². The molecular formula is C19H20N4O3. The number of nitrogens with zero attached hydrogens (tertiary/aromatic N) is 3. The second kappa shape index (κ2) is 7.83. The first kappa shape index (κ1) is 17.7. The molecule has 134 valence electrons. The molecule has 0 spiro atoms. The number of nitrogens with two attached hydrogens (primary N) is 1. The summed E-state index contributed by atoms with van der Waals surface area (Å²) in [5.41, 5.74) is 7.45. The van der Waals surface area contributed by atoms with Crippen LogP contribution in [0, 0.1) is 23.2 Å². The van der Waals surface area contributed by atoms with Gasteiger partial charge in [0.25, 0.3) is 0 Å². The molecule has 0 aliphatic heterocycles. The van der Waals surface area contributed by atoms with E-state index < -0.39 is 5.97 Å². The predicted octanol–water partition coefficient (Wildman–Crippen LogP) is 2.87. The lowest BCUT2D eigenvalue weighted by Crippen LogP contribution is -2.24. The Balaban J connectivity index is 1.66. The molecule has 1 aromatic heterocycles. The van der Waals surface area contributed by atoms with E-state index in [2.05, 4.69) is 16.0 Å². The van der Waals surface area contributed by atoms with Crippen LogP contribution in [0.4, 0.5) is 5.95 Å². The molecule has 0 atom stereocenters. The van der Waals surface area contributed by atoms with Crippen LogP contribution >= 0.6 is 0 Å². The molecule has 1 heterocycles. The Morgan fingerprint density at radius 2 is 2.08 bits per heavy atom. The van der Waals surface area contributed by atoms with Crippen LogP contribution in [0.1, 0.15) is 31.2 Å². The van der Waals surface area contributed by atoms with Crippen molar-refractivity contribution in [3.8, 4) is 23.1 Å². The average molecular weight is 352 g/mol. The molecule has 0 amide bonds. The van der Waals surface area contributed by atoms with Gasteiger partial charge in [-0.1, -0.05) is 0 Å². The van der Waals surface area contributed by atoms with Crippen molar-refractivity contribution in [1.82, 2.24) is 9.97 Å². The van der Waals surface area contributed by atoms with Gasteiger partial charge in [0, 0.05) is 11.8 Å². The highest BCUT2D eigenvalue weighted by Gasteiger charge is 2.26. The minimum atomic E-state index is -0.711. The third kappa shape index (κ3) is 4.09. The normalized spacial score (nSPS) is 19.5. The second-order valence-corrected chi connectivity index (χ2v) is 6.49. The Morgan fingerprint density at radius 1 is 1.31 bits per heavy atom. The van der Waals surface area contributed by atoms with Gasteiger partial charge in [-0.15, -0.1) is 0 Å². The molecule has 0 radical (unpaired) electrons. The van der Waals surface area contributed by atoms with Crippen molar-refractivity contribution >= 4 is 11.9 Å². The third-order valence-electron chi connectivity index (χ3n) is 4.74. The first-order valence-electron chi connectivity index (χ1n) is 8.55. The van der Waals surface area contributed by atoms with Crippen molar-refractivity contribution in [2.24, 2.45) is 11.8 Å². The molecule has 1 aromatic carbocycles. The van der Waals surface area contributed by atoms with Crippen molar-refractivity contribution in [1.29, 1.82) is 5.26 Å². The molecule has 0 saturated heterocycles. The summed E-state index contributed by atoms with van der Waals surface area (Å²) in [6.07, 6.45) is 4.60. The Bertz CT molecular complexity index is 839. The number of ether oxygens (including phenoxy) is 1. The highest BCUT2D eigenvalue weighted by molar-refractivity contribution is 5.70. The molecule has 0 unspecified atom stereocenters. The zero-order valence-electron chi connectivity index (χ0n) is 14.3. The number of aliphatic carboxylic acids is 1. The number of carboxylic acid groups (broad SMARTS) is 1. The van der Waals surface area contributed by atoms with Crippen LogP contribution in [0.25, 0.3) is 11.3 Å². The lowest BCUT2D eigenvalue weighted by molar-refractivity contribution is -0.143. The molecule has 1 fully saturated rings. The molecule has 1 saturated carbocycles. The monoisotopic (exact) mass is 352 g/mol. The number of nitrogen functional groups attached to an aromatic ring is 1. The zero-order valence-corrected chi connectivity index (χ0v) is 14.3. The van der Waals surface area contributed by atoms with E-state index in [1.165, 1.54) is 0 Å². The maximum atomic E-state index is 11.0. The quantitative estimate of drug-likeness (QED) is 0.848. The van der Waals surface area contributed by atoms with Crippen molar-refractivity contribution in [3.63, 3.8) is 0 Å². The highest BCUT2D eigenvalue weighted by atomic mass is 16.5. The number of nitriles is 1. The van der Waals surface area contributed by atoms with Gasteiger partial charge in [0.1, 0.15) is 11.8 Å². The van der Waals surface area contributed by atoms with E-state index in [9.17, 15) is 10.1 Å². The number of carbonyl (C=O) groups is 1. The van der Waals surface area contributed by atoms with Crippen LogP contribution < -0.4 is 10.5 Å². The summed E-state index contributed by atoms with van der Waals surface area (Å²) < 4.78 is 5.85. The summed E-state index contributed by atoms with van der Waals surface area (Å²) in [4.78, 5) is 19.0. The van der Waals surface area contributed by atoms with Crippen molar-refractivity contribution in [3.05, 3.63) is 36.0 Å². The van der Waals surface area contributed by atoms with Crippen molar-refractivity contribution in [2.75, 3.05) is 12.3 Å². The fourth-order valence-corrected chi connectivity index (χ4v) is 3.22. The number of hydrogen-bond acceptors (Lipinski definition) is 6. The molecule has 3 N–H and O–H groups in total. The Labute approximate surface area is 151 Å². The predicted molar refractivity (Wildman–Crippen MR) is 95.2 cm³/mol. The van der Waals surface area contributed by atoms with Crippen LogP contribution in [0.15, 0.2) is 30.5 Å². The second-order valence-electron chi connectivity index (χ2n) is 6.49. The molecule has 7 heteroatoms. The smallest absolute Gasteiger partial charge is 0.306 e. The van der Waals surface area contributed by atoms with Crippen LogP contribution in [-0.4, -0.2) is 27.7 Å². The number of anilines is 1. The van der Waals surface area contributed by atoms with E-state index in [-0.39, 0.29) is 11.9 Å². The van der Waals surface area contributed by atoms with Gasteiger partial charge in [0.05, 0.1) is 23.8 Å². The first-order valence-corrected chi connectivity index (χ1v) is 8.55. The minimum Gasteiger partial charge on any atom is -0.492 e. The average Bonchev–Trinajstić information content (AvgIpc) is 2.66. The Hall–Kier alpha value is -3.14. The molecule has 0 bridgehead atoms. The third-order valence-corrected chi connectivity index (χ3v) is 4.74. The Morgan fingerprint density at radius 3 is 2.73 bits per heavy atom. The molecule has 7 nitrogen and oxygen atoms in total. The van der Waals surface area contributed by atoms with Gasteiger partial charge in [0.15, 0.2) is 0 Å². The highest BCUT2D eigenvalue weighted by Crippen LogP contribution is 2.31. The molecule has 1 aliphatic rings. The summed E-state index contributed by atoms with van der Waals surface area (Å²) in [6.45, 7) is 0.487. The lowest BCUT2D eigenvalue weighted by atomic mass is 9.82. The lowest BCUT2D eigenvalue weighted by Gasteiger charge is -2.26. The maximum absolute atomic E-state index is 11.0. The Kier molecular flexibility index (Phi) is 5.32. The van der Waals surface area contributed by atoms with Crippen LogP contribution in [-0.2, 0) is 4.79 Å². The van der Waals surface area contributed by atoms with E-state index >= 15 is 0 Å².